The molecule has 2 heterocycles. The summed E-state index contributed by atoms with van der Waals surface area (Å²) >= 11 is 0. The van der Waals surface area contributed by atoms with Crippen LogP contribution in [0.5, 0.6) is 11.5 Å². The van der Waals surface area contributed by atoms with Crippen molar-refractivity contribution in [3.8, 4) is 11.5 Å². The van der Waals surface area contributed by atoms with E-state index < -0.39 is 0 Å². The zero-order chi connectivity index (χ0) is 31.9. The van der Waals surface area contributed by atoms with Crippen molar-refractivity contribution in [1.29, 1.82) is 0 Å². The van der Waals surface area contributed by atoms with Crippen LogP contribution in [-0.2, 0) is 21.1 Å². The van der Waals surface area contributed by atoms with Crippen molar-refractivity contribution in [3.63, 3.8) is 0 Å². The van der Waals surface area contributed by atoms with Gasteiger partial charge >= 0.3 is 0 Å². The van der Waals surface area contributed by atoms with E-state index in [-0.39, 0.29) is 32.6 Å². The number of hydrogen-bond donors (Lipinski definition) is 2. The molecule has 4 aromatic carbocycles. The van der Waals surface area contributed by atoms with Crippen molar-refractivity contribution < 1.29 is 31.3 Å². The van der Waals surface area contributed by atoms with Gasteiger partial charge in [-0.2, -0.15) is 24.3 Å². The summed E-state index contributed by atoms with van der Waals surface area (Å²) in [7, 11) is 0. The van der Waals surface area contributed by atoms with Gasteiger partial charge in [0.15, 0.2) is 11.6 Å². The van der Waals surface area contributed by atoms with Crippen molar-refractivity contribution in [1.82, 2.24) is 9.97 Å². The Morgan fingerprint density at radius 1 is 0.578 bits per heavy atom. The van der Waals surface area contributed by atoms with Crippen LogP contribution in [-0.4, -0.2) is 20.2 Å². The number of benzene rings is 4. The first-order chi connectivity index (χ1) is 21.5. The molecule has 0 aliphatic heterocycles. The molecule has 0 saturated carbocycles. The maximum atomic E-state index is 10.2. The summed E-state index contributed by atoms with van der Waals surface area (Å²) in [5, 5.41) is 40.6. The van der Waals surface area contributed by atoms with Crippen LogP contribution in [0, 0.1) is 19.9 Å². The van der Waals surface area contributed by atoms with Gasteiger partial charge in [0.2, 0.25) is 0 Å². The smallest absolute Gasteiger partial charge is 0.174 e. The third-order valence-corrected chi connectivity index (χ3v) is 6.11. The number of aromatic hydroxyl groups is 2. The zero-order valence-corrected chi connectivity index (χ0v) is 29.2. The molecule has 230 valence electrons. The normalized spacial score (nSPS) is 10.3. The van der Waals surface area contributed by atoms with Gasteiger partial charge in [0.05, 0.1) is 0 Å². The fourth-order valence-electron chi connectivity index (χ4n) is 4.08. The van der Waals surface area contributed by atoms with Crippen LogP contribution in [0.15, 0.2) is 124 Å². The second-order valence-electron chi connectivity index (χ2n) is 8.93. The maximum absolute atomic E-state index is 10.2. The van der Waals surface area contributed by atoms with Crippen LogP contribution >= 0.6 is 0 Å². The summed E-state index contributed by atoms with van der Waals surface area (Å²) < 4.78 is 0. The standard InChI is InChI=1S/C16H13N3O.C16H12N3O.2C2H6.W/c2*1-11-10-12-6-2-3-7-13(12)15(16(11)20)19-18-14-8-4-5-9-17-14;2*1-2;/h2-10,20H,1H3;3-10,20H,1H3;2*1-2H3;/q;-1;;;. The Morgan fingerprint density at radius 2 is 1.04 bits per heavy atom. The molecule has 0 unspecified atom stereocenters. The Morgan fingerprint density at radius 3 is 1.56 bits per heavy atom. The Bertz CT molecular complexity index is 1710. The molecule has 2 aromatic heterocycles. The van der Waals surface area contributed by atoms with Gasteiger partial charge in [0, 0.05) is 38.8 Å². The van der Waals surface area contributed by atoms with Crippen LogP contribution in [0.2, 0.25) is 0 Å². The summed E-state index contributed by atoms with van der Waals surface area (Å²) in [6.45, 7) is 11.7. The minimum absolute atomic E-state index is 0. The molecule has 8 nitrogen and oxygen atoms in total. The van der Waals surface area contributed by atoms with Crippen molar-refractivity contribution >= 4 is 44.6 Å². The second kappa shape index (κ2) is 18.8. The second-order valence-corrected chi connectivity index (χ2v) is 8.93. The predicted octanol–water partition coefficient (Wildman–Crippen LogP) is 11.2. The first-order valence-corrected chi connectivity index (χ1v) is 14.5. The van der Waals surface area contributed by atoms with E-state index in [1.54, 1.807) is 30.6 Å². The van der Waals surface area contributed by atoms with Gasteiger partial charge < -0.3 is 10.2 Å². The summed E-state index contributed by atoms with van der Waals surface area (Å²) in [5.41, 5.74) is 2.47. The van der Waals surface area contributed by atoms with Crippen LogP contribution in [0.3, 0.4) is 0 Å². The van der Waals surface area contributed by atoms with Gasteiger partial charge in [-0.3, -0.25) is 0 Å². The van der Waals surface area contributed by atoms with Gasteiger partial charge in [-0.15, -0.1) is 31.9 Å². The van der Waals surface area contributed by atoms with Crippen molar-refractivity contribution in [2.24, 2.45) is 20.5 Å². The van der Waals surface area contributed by atoms with Crippen LogP contribution in [0.1, 0.15) is 38.8 Å². The summed E-state index contributed by atoms with van der Waals surface area (Å²) in [5.74, 6) is 1.31. The van der Waals surface area contributed by atoms with E-state index in [2.05, 4.69) is 36.5 Å². The van der Waals surface area contributed by atoms with E-state index >= 15 is 0 Å². The van der Waals surface area contributed by atoms with Gasteiger partial charge in [-0.25, -0.2) is 9.97 Å². The van der Waals surface area contributed by atoms with Crippen LogP contribution < -0.4 is 0 Å². The first-order valence-electron chi connectivity index (χ1n) is 14.5. The largest absolute Gasteiger partial charge is 0.505 e. The van der Waals surface area contributed by atoms with Crippen molar-refractivity contribution in [2.75, 3.05) is 0 Å². The molecular weight excluding hydrogens is 732 g/mol. The van der Waals surface area contributed by atoms with E-state index in [4.69, 9.17) is 0 Å². The van der Waals surface area contributed by atoms with E-state index in [0.717, 1.165) is 32.7 Å². The van der Waals surface area contributed by atoms with Crippen LogP contribution in [0.4, 0.5) is 23.0 Å². The van der Waals surface area contributed by atoms with Crippen molar-refractivity contribution in [2.45, 2.75) is 41.5 Å². The summed E-state index contributed by atoms with van der Waals surface area (Å²) in [4.78, 5) is 8.16. The van der Waals surface area contributed by atoms with Gasteiger partial charge in [0.1, 0.15) is 22.9 Å². The number of aromatic nitrogens is 2. The van der Waals surface area contributed by atoms with E-state index in [1.165, 1.54) is 0 Å². The number of hydrogen-bond acceptors (Lipinski definition) is 8. The molecular formula is C36H37N6O2W-. The molecule has 9 heteroatoms. The van der Waals surface area contributed by atoms with E-state index in [9.17, 15) is 10.2 Å². The topological polar surface area (TPSA) is 116 Å². The average Bonchev–Trinajstić information content (AvgIpc) is 3.08. The number of rotatable bonds is 4. The van der Waals surface area contributed by atoms with E-state index in [0.29, 0.717) is 23.0 Å². The quantitative estimate of drug-likeness (QED) is 0.137. The summed E-state index contributed by atoms with van der Waals surface area (Å²) in [6, 6.07) is 31.0. The number of fused-ring (bicyclic) bond motifs is 2. The molecule has 0 saturated heterocycles. The molecule has 0 atom stereocenters. The van der Waals surface area contributed by atoms with E-state index in [1.807, 2.05) is 114 Å². The molecule has 0 bridgehead atoms. The van der Waals surface area contributed by atoms with Gasteiger partial charge in [0.25, 0.3) is 0 Å². The number of phenols is 2. The maximum Gasteiger partial charge on any atom is 0.174 e. The molecule has 0 amide bonds. The number of azo groups is 2. The SMILES string of the molecule is CC.CC.Cc1cc2c[c-]ccc2c(N=Nc2ccccn2)c1O.Cc1cc2ccccc2c(N=Nc2ccccn2)c1O.[W]. The Balaban J connectivity index is 0.000000277. The minimum atomic E-state index is 0. The number of phenolic OH excluding ortho intramolecular Hbond substituents is 2. The molecule has 0 aliphatic rings. The fourth-order valence-corrected chi connectivity index (χ4v) is 4.08. The number of pyridine rings is 2. The van der Waals surface area contributed by atoms with Crippen LogP contribution in [0.25, 0.3) is 21.5 Å². The van der Waals surface area contributed by atoms with Crippen molar-refractivity contribution in [3.05, 3.63) is 121 Å². The molecule has 0 aliphatic carbocycles. The van der Waals surface area contributed by atoms with Gasteiger partial charge in [-0.05, 0) is 60.7 Å². The first kappa shape index (κ1) is 36.4. The molecule has 0 spiro atoms. The molecule has 6 rings (SSSR count). The molecule has 6 aromatic rings. The third kappa shape index (κ3) is 9.59. The Labute approximate surface area is 278 Å². The average molecular weight is 770 g/mol. The molecule has 45 heavy (non-hydrogen) atoms. The Kier molecular flexibility index (Phi) is 15.2. The fraction of sp³-hybridized carbons (Fsp3) is 0.167. The molecule has 2 N–H and O–H groups in total. The zero-order valence-electron chi connectivity index (χ0n) is 26.3. The number of nitrogens with zero attached hydrogens (tertiary/aromatic N) is 6. The molecule has 0 fully saturated rings. The third-order valence-electron chi connectivity index (χ3n) is 6.11. The van der Waals surface area contributed by atoms with Gasteiger partial charge in [-0.1, -0.05) is 69.5 Å². The number of aryl methyl sites for hydroxylation is 2. The molecule has 0 radical (unpaired) electrons. The minimum Gasteiger partial charge on any atom is -0.505 e. The summed E-state index contributed by atoms with van der Waals surface area (Å²) in [6.07, 6.45) is 3.31. The monoisotopic (exact) mass is 769 g/mol. The predicted molar refractivity (Wildman–Crippen MR) is 179 cm³/mol. The Hall–Kier alpha value is -4.81.